The predicted molar refractivity (Wildman–Crippen MR) is 117 cm³/mol. The second-order valence-electron chi connectivity index (χ2n) is 8.44. The smallest absolute Gasteiger partial charge is 0.268 e. The van der Waals surface area contributed by atoms with Crippen molar-refractivity contribution in [2.24, 2.45) is 11.7 Å². The summed E-state index contributed by atoms with van der Waals surface area (Å²) in [5.74, 6) is -6.13. The lowest BCUT2D eigenvalue weighted by Crippen LogP contribution is -2.39. The van der Waals surface area contributed by atoms with Crippen LogP contribution in [0, 0.1) is 11.7 Å². The molecule has 3 N–H and O–H groups in total. The number of carbonyl (C=O) groups is 1. The molecule has 2 unspecified atom stereocenters. The average molecular weight is 459 g/mol. The normalized spacial score (nSPS) is 22.3. The number of benzene rings is 1. The maximum atomic E-state index is 15.1. The molecule has 0 radical (unpaired) electrons. The number of nitrogens with zero attached hydrogens (tertiary/aromatic N) is 1. The number of H-pyrrole nitrogens is 1. The molecular formula is C24H24F3N3O3. The lowest BCUT2D eigenvalue weighted by molar-refractivity contribution is -0.0985. The standard InChI is InChI=1S/C24H24F3N3O3/c1-3-12-8-15(14-5-4-13(25)9-20(14)33-2)16(11-24(12,26)27)18-10-19(31)21-17(30-18)6-7-29-22(21)23(28)32/h4-7,9-10,12,15-16H,3,8,11H2,1-2H3,(H2,28,32)(H,30,31)/t12?,15?,16-/m1/s1. The fourth-order valence-electron chi connectivity index (χ4n) is 4.98. The Bertz CT molecular complexity index is 1270. The van der Waals surface area contributed by atoms with Crippen molar-refractivity contribution in [3.05, 3.63) is 69.5 Å². The number of alkyl halides is 2. The van der Waals surface area contributed by atoms with Gasteiger partial charge >= 0.3 is 0 Å². The number of rotatable bonds is 5. The number of methoxy groups -OCH3 is 1. The van der Waals surface area contributed by atoms with Gasteiger partial charge in [0.15, 0.2) is 5.43 Å². The minimum absolute atomic E-state index is 0.0127. The van der Waals surface area contributed by atoms with E-state index in [0.29, 0.717) is 11.3 Å². The Balaban J connectivity index is 1.90. The van der Waals surface area contributed by atoms with Gasteiger partial charge in [-0.05, 0) is 36.5 Å². The highest BCUT2D eigenvalue weighted by atomic mass is 19.3. The van der Waals surface area contributed by atoms with Gasteiger partial charge in [-0.2, -0.15) is 0 Å². The second kappa shape index (κ2) is 8.53. The van der Waals surface area contributed by atoms with Crippen LogP contribution in [0.1, 0.15) is 59.8 Å². The van der Waals surface area contributed by atoms with Gasteiger partial charge in [0.05, 0.1) is 18.0 Å². The Hall–Kier alpha value is -3.36. The molecule has 6 nitrogen and oxygen atoms in total. The van der Waals surface area contributed by atoms with Crippen LogP contribution in [-0.2, 0) is 0 Å². The van der Waals surface area contributed by atoms with Gasteiger partial charge in [0, 0.05) is 42.3 Å². The van der Waals surface area contributed by atoms with E-state index >= 15 is 8.78 Å². The molecular weight excluding hydrogens is 435 g/mol. The molecule has 0 aliphatic heterocycles. The van der Waals surface area contributed by atoms with E-state index in [4.69, 9.17) is 10.5 Å². The lowest BCUT2D eigenvalue weighted by atomic mass is 9.67. The van der Waals surface area contributed by atoms with Crippen molar-refractivity contribution in [2.45, 2.75) is 43.9 Å². The van der Waals surface area contributed by atoms with E-state index in [-0.39, 0.29) is 35.2 Å². The molecule has 1 amide bonds. The topological polar surface area (TPSA) is 98.1 Å². The summed E-state index contributed by atoms with van der Waals surface area (Å²) in [6.07, 6.45) is 1.25. The van der Waals surface area contributed by atoms with E-state index in [9.17, 15) is 14.0 Å². The first-order valence-electron chi connectivity index (χ1n) is 10.7. The van der Waals surface area contributed by atoms with Gasteiger partial charge in [-0.15, -0.1) is 0 Å². The van der Waals surface area contributed by atoms with E-state index < -0.39 is 47.3 Å². The average Bonchev–Trinajstić information content (AvgIpc) is 2.78. The van der Waals surface area contributed by atoms with Gasteiger partial charge in [-0.3, -0.25) is 14.6 Å². The molecule has 1 aliphatic carbocycles. The number of ether oxygens (including phenoxy) is 1. The summed E-state index contributed by atoms with van der Waals surface area (Å²) >= 11 is 0. The Morgan fingerprint density at radius 3 is 2.70 bits per heavy atom. The van der Waals surface area contributed by atoms with Crippen LogP contribution in [0.4, 0.5) is 13.2 Å². The Labute approximate surface area is 188 Å². The predicted octanol–water partition coefficient (Wildman–Crippen LogP) is 4.49. The number of nitrogens with two attached hydrogens (primary N) is 1. The number of primary amides is 1. The highest BCUT2D eigenvalue weighted by molar-refractivity contribution is 6.03. The first kappa shape index (κ1) is 22.8. The second-order valence-corrected chi connectivity index (χ2v) is 8.44. The molecule has 4 rings (SSSR count). The monoisotopic (exact) mass is 459 g/mol. The van der Waals surface area contributed by atoms with E-state index in [2.05, 4.69) is 9.97 Å². The summed E-state index contributed by atoms with van der Waals surface area (Å²) < 4.78 is 49.3. The third-order valence-electron chi connectivity index (χ3n) is 6.60. The fourth-order valence-corrected chi connectivity index (χ4v) is 4.98. The zero-order valence-corrected chi connectivity index (χ0v) is 18.2. The van der Waals surface area contributed by atoms with E-state index in [1.165, 1.54) is 37.6 Å². The maximum absolute atomic E-state index is 15.1. The molecule has 0 bridgehead atoms. The lowest BCUT2D eigenvalue weighted by Gasteiger charge is -2.41. The van der Waals surface area contributed by atoms with E-state index in [1.807, 2.05) is 0 Å². The Morgan fingerprint density at radius 2 is 2.03 bits per heavy atom. The molecule has 2 aromatic heterocycles. The van der Waals surface area contributed by atoms with Crippen LogP contribution in [0.15, 0.2) is 41.3 Å². The van der Waals surface area contributed by atoms with Crippen LogP contribution in [0.25, 0.3) is 10.9 Å². The Kier molecular flexibility index (Phi) is 5.90. The van der Waals surface area contributed by atoms with Crippen molar-refractivity contribution in [2.75, 3.05) is 7.11 Å². The number of aromatic nitrogens is 2. The van der Waals surface area contributed by atoms with Crippen molar-refractivity contribution in [1.29, 1.82) is 0 Å². The highest BCUT2D eigenvalue weighted by Gasteiger charge is 2.49. The molecule has 1 aromatic carbocycles. The van der Waals surface area contributed by atoms with E-state index in [0.717, 1.165) is 0 Å². The number of pyridine rings is 2. The zero-order chi connectivity index (χ0) is 23.9. The van der Waals surface area contributed by atoms with Crippen LogP contribution in [0.2, 0.25) is 0 Å². The number of nitrogens with one attached hydrogen (secondary N) is 1. The summed E-state index contributed by atoms with van der Waals surface area (Å²) in [6.45, 7) is 1.72. The number of fused-ring (bicyclic) bond motifs is 1. The van der Waals surface area contributed by atoms with Gasteiger partial charge in [-0.1, -0.05) is 13.0 Å². The molecule has 1 fully saturated rings. The van der Waals surface area contributed by atoms with Crippen LogP contribution in [0.5, 0.6) is 5.75 Å². The molecule has 2 heterocycles. The largest absolute Gasteiger partial charge is 0.496 e. The van der Waals surface area contributed by atoms with Gasteiger partial charge in [-0.25, -0.2) is 13.2 Å². The number of halogens is 3. The number of hydrogen-bond donors (Lipinski definition) is 2. The van der Waals surface area contributed by atoms with Crippen molar-refractivity contribution in [1.82, 2.24) is 9.97 Å². The molecule has 9 heteroatoms. The molecule has 0 saturated heterocycles. The summed E-state index contributed by atoms with van der Waals surface area (Å²) in [4.78, 5) is 31.6. The third kappa shape index (κ3) is 4.07. The summed E-state index contributed by atoms with van der Waals surface area (Å²) in [5, 5.41) is 0.0127. The van der Waals surface area contributed by atoms with Gasteiger partial charge in [0.1, 0.15) is 17.3 Å². The molecule has 1 saturated carbocycles. The molecule has 33 heavy (non-hydrogen) atoms. The Morgan fingerprint density at radius 1 is 1.27 bits per heavy atom. The van der Waals surface area contributed by atoms with Gasteiger partial charge in [0.2, 0.25) is 0 Å². The van der Waals surface area contributed by atoms with E-state index in [1.54, 1.807) is 13.0 Å². The number of hydrogen-bond acceptors (Lipinski definition) is 4. The molecule has 3 atom stereocenters. The summed E-state index contributed by atoms with van der Waals surface area (Å²) in [7, 11) is 1.40. The van der Waals surface area contributed by atoms with Crippen molar-refractivity contribution >= 4 is 16.8 Å². The van der Waals surface area contributed by atoms with Crippen molar-refractivity contribution < 1.29 is 22.7 Å². The summed E-state index contributed by atoms with van der Waals surface area (Å²) in [5.41, 5.74) is 5.81. The fraction of sp³-hybridized carbons (Fsp3) is 0.375. The van der Waals surface area contributed by atoms with Crippen LogP contribution in [-0.4, -0.2) is 28.9 Å². The van der Waals surface area contributed by atoms with Crippen molar-refractivity contribution in [3.63, 3.8) is 0 Å². The quantitative estimate of drug-likeness (QED) is 0.587. The minimum Gasteiger partial charge on any atom is -0.496 e. The number of aromatic amines is 1. The SMILES string of the molecule is CCC1CC(c2ccc(F)cc2OC)[C@H](c2cc(=O)c3c(C(N)=O)nccc3[nH]2)CC1(F)F. The third-order valence-corrected chi connectivity index (χ3v) is 6.60. The highest BCUT2D eigenvalue weighted by Crippen LogP contribution is 2.54. The molecule has 3 aromatic rings. The van der Waals surface area contributed by atoms with Crippen LogP contribution < -0.4 is 15.9 Å². The maximum Gasteiger partial charge on any atom is 0.268 e. The molecule has 1 aliphatic rings. The van der Waals surface area contributed by atoms with Crippen LogP contribution >= 0.6 is 0 Å². The number of amides is 1. The molecule has 0 spiro atoms. The first-order chi connectivity index (χ1) is 15.7. The molecule has 174 valence electrons. The van der Waals surface area contributed by atoms with Crippen molar-refractivity contribution in [3.8, 4) is 5.75 Å². The minimum atomic E-state index is -2.95. The first-order valence-corrected chi connectivity index (χ1v) is 10.7. The summed E-state index contributed by atoms with van der Waals surface area (Å²) in [6, 6.07) is 6.78. The zero-order valence-electron chi connectivity index (χ0n) is 18.2. The van der Waals surface area contributed by atoms with Gasteiger partial charge < -0.3 is 15.5 Å². The van der Waals surface area contributed by atoms with Crippen LogP contribution in [0.3, 0.4) is 0 Å². The van der Waals surface area contributed by atoms with Gasteiger partial charge in [0.25, 0.3) is 11.8 Å². The number of carbonyl (C=O) groups excluding carboxylic acids is 1.